The highest BCUT2D eigenvalue weighted by Crippen LogP contribution is 2.19. The third-order valence-electron chi connectivity index (χ3n) is 4.37. The van der Waals surface area contributed by atoms with Crippen LogP contribution in [0.3, 0.4) is 0 Å². The van der Waals surface area contributed by atoms with Gasteiger partial charge in [0, 0.05) is 12.6 Å². The third kappa shape index (κ3) is 5.20. The van der Waals surface area contributed by atoms with Crippen LogP contribution in [-0.4, -0.2) is 37.5 Å². The van der Waals surface area contributed by atoms with Gasteiger partial charge >= 0.3 is 0 Å². The van der Waals surface area contributed by atoms with Crippen molar-refractivity contribution in [1.82, 2.24) is 10.2 Å². The molecule has 0 fully saturated rings. The van der Waals surface area contributed by atoms with Crippen LogP contribution in [0.2, 0.25) is 0 Å². The Balaban J connectivity index is 1.90. The highest BCUT2D eigenvalue weighted by atomic mass is 16.1. The summed E-state index contributed by atoms with van der Waals surface area (Å²) in [6, 6.07) is 18.9. The number of nitrogens with one attached hydrogen (secondary N) is 1. The number of amides is 1. The lowest BCUT2D eigenvalue weighted by Crippen LogP contribution is -2.43. The first-order valence-corrected chi connectivity index (χ1v) is 8.55. The van der Waals surface area contributed by atoms with E-state index in [2.05, 4.69) is 62.4 Å². The van der Waals surface area contributed by atoms with E-state index in [0.717, 1.165) is 5.56 Å². The zero-order chi connectivity index (χ0) is 17.5. The Morgan fingerprint density at radius 3 is 2.08 bits per heavy atom. The van der Waals surface area contributed by atoms with Crippen molar-refractivity contribution in [2.75, 3.05) is 20.6 Å². The normalized spacial score (nSPS) is 12.4. The van der Waals surface area contributed by atoms with E-state index in [0.29, 0.717) is 24.9 Å². The smallest absolute Gasteiger partial charge is 0.224 e. The van der Waals surface area contributed by atoms with Crippen LogP contribution in [0.4, 0.5) is 0 Å². The zero-order valence-corrected chi connectivity index (χ0v) is 15.1. The molecule has 0 saturated heterocycles. The lowest BCUT2D eigenvalue weighted by molar-refractivity contribution is -0.120. The Bertz CT molecular complexity index is 625. The fourth-order valence-electron chi connectivity index (χ4n) is 2.93. The predicted molar refractivity (Wildman–Crippen MR) is 101 cm³/mol. The largest absolute Gasteiger partial charge is 0.354 e. The Morgan fingerprint density at radius 1 is 0.958 bits per heavy atom. The van der Waals surface area contributed by atoms with E-state index in [1.807, 2.05) is 30.3 Å². The number of likely N-dealkylation sites (N-methyl/N-ethyl adjacent to an activating group) is 1. The molecule has 2 aromatic rings. The summed E-state index contributed by atoms with van der Waals surface area (Å²) < 4.78 is 0. The Kier molecular flexibility index (Phi) is 6.56. The maximum atomic E-state index is 12.2. The summed E-state index contributed by atoms with van der Waals surface area (Å²) >= 11 is 0. The Morgan fingerprint density at radius 2 is 1.54 bits per heavy atom. The van der Waals surface area contributed by atoms with E-state index in [1.54, 1.807) is 0 Å². The molecule has 0 aliphatic heterocycles. The van der Waals surface area contributed by atoms with Crippen molar-refractivity contribution in [3.8, 4) is 11.1 Å². The van der Waals surface area contributed by atoms with Crippen molar-refractivity contribution < 1.29 is 4.79 Å². The minimum absolute atomic E-state index is 0.0787. The highest BCUT2D eigenvalue weighted by Gasteiger charge is 2.16. The average Bonchev–Trinajstić information content (AvgIpc) is 2.56. The second kappa shape index (κ2) is 8.65. The predicted octanol–water partition coefficient (Wildman–Crippen LogP) is 3.60. The molecule has 0 radical (unpaired) electrons. The third-order valence-corrected chi connectivity index (χ3v) is 4.37. The van der Waals surface area contributed by atoms with Crippen molar-refractivity contribution in [2.45, 2.75) is 26.3 Å². The number of rotatable bonds is 7. The van der Waals surface area contributed by atoms with Gasteiger partial charge < -0.3 is 10.2 Å². The van der Waals surface area contributed by atoms with Gasteiger partial charge in [-0.1, -0.05) is 68.4 Å². The van der Waals surface area contributed by atoms with E-state index < -0.39 is 0 Å². The molecule has 2 rings (SSSR count). The second-order valence-corrected chi connectivity index (χ2v) is 6.82. The lowest BCUT2D eigenvalue weighted by atomic mass is 10.0. The van der Waals surface area contributed by atoms with Crippen LogP contribution in [0.1, 0.15) is 19.4 Å². The highest BCUT2D eigenvalue weighted by molar-refractivity contribution is 5.78. The monoisotopic (exact) mass is 324 g/mol. The Labute approximate surface area is 145 Å². The minimum atomic E-state index is 0.0787. The summed E-state index contributed by atoms with van der Waals surface area (Å²) in [4.78, 5) is 14.4. The van der Waals surface area contributed by atoms with Gasteiger partial charge in [0.25, 0.3) is 0 Å². The Hall–Kier alpha value is -2.13. The molecule has 0 saturated carbocycles. The SMILES string of the molecule is CC(C)C(CNC(=O)Cc1ccc(-c2ccccc2)cc1)N(C)C. The van der Waals surface area contributed by atoms with Gasteiger partial charge in [-0.3, -0.25) is 4.79 Å². The molecule has 1 N–H and O–H groups in total. The summed E-state index contributed by atoms with van der Waals surface area (Å²) in [6.45, 7) is 5.05. The topological polar surface area (TPSA) is 32.3 Å². The van der Waals surface area contributed by atoms with Crippen molar-refractivity contribution in [2.24, 2.45) is 5.92 Å². The maximum Gasteiger partial charge on any atom is 0.224 e. The van der Waals surface area contributed by atoms with Crippen LogP contribution >= 0.6 is 0 Å². The van der Waals surface area contributed by atoms with Crippen LogP contribution in [0.15, 0.2) is 54.6 Å². The summed E-state index contributed by atoms with van der Waals surface area (Å²) in [5.74, 6) is 0.584. The van der Waals surface area contributed by atoms with Gasteiger partial charge in [0.1, 0.15) is 0 Å². The van der Waals surface area contributed by atoms with Crippen molar-refractivity contribution >= 4 is 5.91 Å². The molecule has 0 bridgehead atoms. The minimum Gasteiger partial charge on any atom is -0.354 e. The van der Waals surface area contributed by atoms with Crippen LogP contribution in [0.5, 0.6) is 0 Å². The number of hydrogen-bond donors (Lipinski definition) is 1. The van der Waals surface area contributed by atoms with Crippen LogP contribution in [0, 0.1) is 5.92 Å². The summed E-state index contributed by atoms with van der Waals surface area (Å²) in [5, 5.41) is 3.06. The molecule has 1 atom stereocenters. The quantitative estimate of drug-likeness (QED) is 0.844. The lowest BCUT2D eigenvalue weighted by Gasteiger charge is -2.28. The molecular weight excluding hydrogens is 296 g/mol. The van der Waals surface area contributed by atoms with E-state index in [1.165, 1.54) is 11.1 Å². The molecule has 1 unspecified atom stereocenters. The first kappa shape index (κ1) is 18.2. The van der Waals surface area contributed by atoms with Crippen LogP contribution < -0.4 is 5.32 Å². The molecule has 0 heterocycles. The number of carbonyl (C=O) groups is 1. The fraction of sp³-hybridized carbons (Fsp3) is 0.381. The van der Waals surface area contributed by atoms with Crippen molar-refractivity contribution in [3.63, 3.8) is 0 Å². The van der Waals surface area contributed by atoms with E-state index >= 15 is 0 Å². The van der Waals surface area contributed by atoms with Gasteiger partial charge in [0.05, 0.1) is 6.42 Å². The molecule has 24 heavy (non-hydrogen) atoms. The second-order valence-electron chi connectivity index (χ2n) is 6.82. The molecule has 0 aromatic heterocycles. The number of benzene rings is 2. The summed E-state index contributed by atoms with van der Waals surface area (Å²) in [7, 11) is 4.11. The maximum absolute atomic E-state index is 12.2. The number of hydrogen-bond acceptors (Lipinski definition) is 2. The molecule has 1 amide bonds. The molecule has 3 heteroatoms. The zero-order valence-electron chi connectivity index (χ0n) is 15.1. The average molecular weight is 324 g/mol. The molecule has 0 aliphatic rings. The van der Waals surface area contributed by atoms with Crippen molar-refractivity contribution in [1.29, 1.82) is 0 Å². The van der Waals surface area contributed by atoms with Gasteiger partial charge in [-0.25, -0.2) is 0 Å². The number of carbonyl (C=O) groups excluding carboxylic acids is 1. The first-order chi connectivity index (χ1) is 11.5. The van der Waals surface area contributed by atoms with Crippen molar-refractivity contribution in [3.05, 3.63) is 60.2 Å². The van der Waals surface area contributed by atoms with Gasteiger partial charge in [-0.2, -0.15) is 0 Å². The molecule has 3 nitrogen and oxygen atoms in total. The van der Waals surface area contributed by atoms with E-state index in [4.69, 9.17) is 0 Å². The number of nitrogens with zero attached hydrogens (tertiary/aromatic N) is 1. The van der Waals surface area contributed by atoms with Crippen LogP contribution in [0.25, 0.3) is 11.1 Å². The van der Waals surface area contributed by atoms with E-state index in [9.17, 15) is 4.79 Å². The summed E-state index contributed by atoms with van der Waals surface area (Å²) in [5.41, 5.74) is 3.41. The van der Waals surface area contributed by atoms with Crippen LogP contribution in [-0.2, 0) is 11.2 Å². The van der Waals surface area contributed by atoms with Gasteiger partial charge in [-0.15, -0.1) is 0 Å². The molecule has 2 aromatic carbocycles. The molecule has 0 spiro atoms. The van der Waals surface area contributed by atoms with Gasteiger partial charge in [0.2, 0.25) is 5.91 Å². The molecule has 128 valence electrons. The summed E-state index contributed by atoms with van der Waals surface area (Å²) in [6.07, 6.45) is 0.424. The van der Waals surface area contributed by atoms with E-state index in [-0.39, 0.29) is 5.91 Å². The molecular formula is C21H28N2O. The van der Waals surface area contributed by atoms with Gasteiger partial charge in [-0.05, 0) is 36.7 Å². The fourth-order valence-corrected chi connectivity index (χ4v) is 2.93. The first-order valence-electron chi connectivity index (χ1n) is 8.55. The van der Waals surface area contributed by atoms with Gasteiger partial charge in [0.15, 0.2) is 0 Å². The molecule has 0 aliphatic carbocycles. The standard InChI is InChI=1S/C21H28N2O/c1-16(2)20(23(3)4)15-22-21(24)14-17-10-12-19(13-11-17)18-8-6-5-7-9-18/h5-13,16,20H,14-15H2,1-4H3,(H,22,24).